The van der Waals surface area contributed by atoms with Gasteiger partial charge >= 0.3 is 0 Å². The summed E-state index contributed by atoms with van der Waals surface area (Å²) in [5.41, 5.74) is 5.94. The van der Waals surface area contributed by atoms with Crippen LogP contribution in [-0.4, -0.2) is 17.4 Å². The standard InChI is InChI=1S/C11H15N3O3/c1-2-10(13-11(15)7-12)8-4-3-5-9(6-8)14(16)17/h3-6,10H,2,7,12H2,1H3,(H,13,15). The Labute approximate surface area is 99.0 Å². The van der Waals surface area contributed by atoms with E-state index in [2.05, 4.69) is 5.32 Å². The molecule has 0 heterocycles. The van der Waals surface area contributed by atoms with Crippen LogP contribution in [-0.2, 0) is 4.79 Å². The minimum absolute atomic E-state index is 0.0166. The van der Waals surface area contributed by atoms with Crippen molar-refractivity contribution in [1.29, 1.82) is 0 Å². The SMILES string of the molecule is CCC(NC(=O)CN)c1cccc([N+](=O)[O-])c1. The van der Waals surface area contributed by atoms with Crippen molar-refractivity contribution in [2.24, 2.45) is 5.73 Å². The van der Waals surface area contributed by atoms with Crippen LogP contribution in [0.25, 0.3) is 0 Å². The van der Waals surface area contributed by atoms with E-state index in [1.165, 1.54) is 12.1 Å². The summed E-state index contributed by atoms with van der Waals surface area (Å²) in [6.07, 6.45) is 0.646. The van der Waals surface area contributed by atoms with Gasteiger partial charge < -0.3 is 11.1 Å². The number of hydrogen-bond donors (Lipinski definition) is 2. The fraction of sp³-hybridized carbons (Fsp3) is 0.364. The average molecular weight is 237 g/mol. The van der Waals surface area contributed by atoms with Gasteiger partial charge in [0.1, 0.15) is 0 Å². The third-order valence-electron chi connectivity index (χ3n) is 2.41. The van der Waals surface area contributed by atoms with Crippen LogP contribution in [0.5, 0.6) is 0 Å². The van der Waals surface area contributed by atoms with Crippen LogP contribution in [0.1, 0.15) is 24.9 Å². The first-order valence-corrected chi connectivity index (χ1v) is 5.32. The molecular formula is C11H15N3O3. The highest BCUT2D eigenvalue weighted by Gasteiger charge is 2.14. The van der Waals surface area contributed by atoms with Gasteiger partial charge in [-0.3, -0.25) is 14.9 Å². The summed E-state index contributed by atoms with van der Waals surface area (Å²) in [7, 11) is 0. The molecule has 1 rings (SSSR count). The molecule has 1 aromatic rings. The van der Waals surface area contributed by atoms with Crippen LogP contribution >= 0.6 is 0 Å². The molecule has 6 heteroatoms. The van der Waals surface area contributed by atoms with Crippen LogP contribution in [0.3, 0.4) is 0 Å². The van der Waals surface area contributed by atoms with E-state index in [0.29, 0.717) is 12.0 Å². The lowest BCUT2D eigenvalue weighted by atomic mass is 10.0. The molecule has 17 heavy (non-hydrogen) atoms. The number of rotatable bonds is 5. The Morgan fingerprint density at radius 3 is 2.82 bits per heavy atom. The van der Waals surface area contributed by atoms with Gasteiger partial charge in [-0.1, -0.05) is 19.1 Å². The fourth-order valence-electron chi connectivity index (χ4n) is 1.53. The molecule has 0 aliphatic heterocycles. The zero-order valence-electron chi connectivity index (χ0n) is 9.55. The quantitative estimate of drug-likeness (QED) is 0.592. The van der Waals surface area contributed by atoms with E-state index in [1.54, 1.807) is 12.1 Å². The first kappa shape index (κ1) is 13.1. The fourth-order valence-corrected chi connectivity index (χ4v) is 1.53. The van der Waals surface area contributed by atoms with Crippen LogP contribution in [0.4, 0.5) is 5.69 Å². The topological polar surface area (TPSA) is 98.3 Å². The van der Waals surface area contributed by atoms with Gasteiger partial charge in [-0.15, -0.1) is 0 Å². The second-order valence-electron chi connectivity index (χ2n) is 3.58. The molecule has 1 atom stereocenters. The van der Waals surface area contributed by atoms with Gasteiger partial charge in [-0.05, 0) is 12.0 Å². The smallest absolute Gasteiger partial charge is 0.269 e. The molecule has 0 fully saturated rings. The predicted molar refractivity (Wildman–Crippen MR) is 63.3 cm³/mol. The Morgan fingerprint density at radius 1 is 1.59 bits per heavy atom. The second kappa shape index (κ2) is 5.95. The summed E-state index contributed by atoms with van der Waals surface area (Å²) in [6.45, 7) is 1.80. The number of nitro groups is 1. The number of nitrogens with one attached hydrogen (secondary N) is 1. The van der Waals surface area contributed by atoms with Crippen LogP contribution in [0.15, 0.2) is 24.3 Å². The van der Waals surface area contributed by atoms with E-state index >= 15 is 0 Å². The first-order chi connectivity index (χ1) is 8.08. The summed E-state index contributed by atoms with van der Waals surface area (Å²) in [4.78, 5) is 21.4. The maximum Gasteiger partial charge on any atom is 0.269 e. The normalized spacial score (nSPS) is 11.9. The summed E-state index contributed by atoms with van der Waals surface area (Å²) in [6, 6.07) is 5.99. The molecule has 1 unspecified atom stereocenters. The molecule has 1 amide bonds. The number of carbonyl (C=O) groups excluding carboxylic acids is 1. The predicted octanol–water partition coefficient (Wildman–Crippen LogP) is 1.12. The van der Waals surface area contributed by atoms with Crippen molar-refractivity contribution in [3.63, 3.8) is 0 Å². The molecule has 0 saturated carbocycles. The number of nitrogens with two attached hydrogens (primary N) is 1. The van der Waals surface area contributed by atoms with Crippen molar-refractivity contribution in [3.05, 3.63) is 39.9 Å². The highest BCUT2D eigenvalue weighted by molar-refractivity contribution is 5.78. The maximum atomic E-state index is 11.2. The average Bonchev–Trinajstić information content (AvgIpc) is 2.35. The number of carbonyl (C=O) groups is 1. The van der Waals surface area contributed by atoms with Gasteiger partial charge in [0.2, 0.25) is 5.91 Å². The van der Waals surface area contributed by atoms with Gasteiger partial charge in [0.05, 0.1) is 17.5 Å². The molecule has 0 radical (unpaired) electrons. The zero-order valence-corrected chi connectivity index (χ0v) is 9.55. The molecule has 0 spiro atoms. The van der Waals surface area contributed by atoms with E-state index in [0.717, 1.165) is 0 Å². The van der Waals surface area contributed by atoms with Crippen LogP contribution in [0.2, 0.25) is 0 Å². The molecule has 0 aliphatic carbocycles. The minimum atomic E-state index is -0.457. The molecule has 0 aromatic heterocycles. The van der Waals surface area contributed by atoms with Gasteiger partial charge in [0.15, 0.2) is 0 Å². The number of hydrogen-bond acceptors (Lipinski definition) is 4. The van der Waals surface area contributed by atoms with E-state index in [-0.39, 0.29) is 24.2 Å². The van der Waals surface area contributed by atoms with E-state index in [1.807, 2.05) is 6.92 Å². The number of benzene rings is 1. The van der Waals surface area contributed by atoms with E-state index in [9.17, 15) is 14.9 Å². The summed E-state index contributed by atoms with van der Waals surface area (Å²) < 4.78 is 0. The van der Waals surface area contributed by atoms with Crippen LogP contribution in [0, 0.1) is 10.1 Å². The summed E-state index contributed by atoms with van der Waals surface area (Å²) >= 11 is 0. The molecule has 1 aromatic carbocycles. The largest absolute Gasteiger partial charge is 0.348 e. The van der Waals surface area contributed by atoms with Gasteiger partial charge in [0.25, 0.3) is 5.69 Å². The Morgan fingerprint density at radius 2 is 2.29 bits per heavy atom. The third-order valence-corrected chi connectivity index (χ3v) is 2.41. The van der Waals surface area contributed by atoms with Crippen molar-refractivity contribution in [1.82, 2.24) is 5.32 Å². The van der Waals surface area contributed by atoms with Crippen molar-refractivity contribution >= 4 is 11.6 Å². The Balaban J connectivity index is 2.91. The van der Waals surface area contributed by atoms with E-state index in [4.69, 9.17) is 5.73 Å². The lowest BCUT2D eigenvalue weighted by Gasteiger charge is -2.16. The molecule has 0 aliphatic rings. The molecule has 3 N–H and O–H groups in total. The third kappa shape index (κ3) is 3.53. The Kier molecular flexibility index (Phi) is 4.59. The maximum absolute atomic E-state index is 11.2. The second-order valence-corrected chi connectivity index (χ2v) is 3.58. The summed E-state index contributed by atoms with van der Waals surface area (Å²) in [5, 5.41) is 13.4. The van der Waals surface area contributed by atoms with Crippen molar-refractivity contribution in [2.45, 2.75) is 19.4 Å². The van der Waals surface area contributed by atoms with Crippen molar-refractivity contribution in [2.75, 3.05) is 6.54 Å². The Bertz CT molecular complexity index is 420. The molecule has 6 nitrogen and oxygen atoms in total. The number of nitrogens with zero attached hydrogens (tertiary/aromatic N) is 1. The summed E-state index contributed by atoms with van der Waals surface area (Å²) in [5.74, 6) is -0.275. The molecule has 92 valence electrons. The van der Waals surface area contributed by atoms with E-state index < -0.39 is 4.92 Å². The van der Waals surface area contributed by atoms with Gasteiger partial charge in [-0.2, -0.15) is 0 Å². The van der Waals surface area contributed by atoms with Crippen molar-refractivity contribution < 1.29 is 9.72 Å². The lowest BCUT2D eigenvalue weighted by molar-refractivity contribution is -0.384. The first-order valence-electron chi connectivity index (χ1n) is 5.32. The number of amides is 1. The van der Waals surface area contributed by atoms with Crippen LogP contribution < -0.4 is 11.1 Å². The number of non-ortho nitro benzene ring substituents is 1. The highest BCUT2D eigenvalue weighted by atomic mass is 16.6. The molecule has 0 saturated heterocycles. The Hall–Kier alpha value is -1.95. The number of nitro benzene ring substituents is 1. The van der Waals surface area contributed by atoms with Gasteiger partial charge in [-0.25, -0.2) is 0 Å². The zero-order chi connectivity index (χ0) is 12.8. The molecular weight excluding hydrogens is 222 g/mol. The highest BCUT2D eigenvalue weighted by Crippen LogP contribution is 2.21. The monoisotopic (exact) mass is 237 g/mol. The minimum Gasteiger partial charge on any atom is -0.348 e. The lowest BCUT2D eigenvalue weighted by Crippen LogP contribution is -2.33. The molecule has 0 bridgehead atoms. The van der Waals surface area contributed by atoms with Crippen molar-refractivity contribution in [3.8, 4) is 0 Å². The van der Waals surface area contributed by atoms with Gasteiger partial charge in [0, 0.05) is 12.1 Å².